The Morgan fingerprint density at radius 1 is 0.548 bits per heavy atom. The number of fused-ring (bicyclic) bond motifs is 5. The van der Waals surface area contributed by atoms with Crippen LogP contribution in [0, 0.1) is 23.7 Å². The van der Waals surface area contributed by atoms with E-state index in [1.807, 2.05) is 30.4 Å². The van der Waals surface area contributed by atoms with Gasteiger partial charge in [0.2, 0.25) is 0 Å². The first kappa shape index (κ1) is 44.2. The summed E-state index contributed by atoms with van der Waals surface area (Å²) in [6.45, 7) is 20.1. The summed E-state index contributed by atoms with van der Waals surface area (Å²) in [6, 6.07) is 16.5. The zero-order valence-electron chi connectivity index (χ0n) is 38.1. The number of benzene rings is 2. The molecule has 62 heavy (non-hydrogen) atoms. The summed E-state index contributed by atoms with van der Waals surface area (Å²) in [5.74, 6) is 5.77. The highest BCUT2D eigenvalue weighted by atomic mass is 16.5. The normalized spacial score (nSPS) is 15.8. The SMILES string of the molecule is COC1=c2ccc([nH]2)=C(c2cc(OCCC(C)C)cc(OCCC(C)C)c2)C2=NC(=CC3=NC(=CC3)C(c3cc(OCCC(C)C)cc(OCCC(C)C)c3)=C3C=CC1=N3)C=C2. The van der Waals surface area contributed by atoms with Crippen LogP contribution in [0.3, 0.4) is 0 Å². The molecule has 0 aliphatic carbocycles. The molecule has 9 heteroatoms. The van der Waals surface area contributed by atoms with Crippen LogP contribution in [0.15, 0.2) is 117 Å². The molecule has 0 radical (unpaired) electrons. The lowest BCUT2D eigenvalue weighted by molar-refractivity contribution is 0.275. The molecule has 326 valence electrons. The van der Waals surface area contributed by atoms with Gasteiger partial charge in [-0.25, -0.2) is 9.98 Å². The van der Waals surface area contributed by atoms with Gasteiger partial charge >= 0.3 is 0 Å². The number of hydrogen-bond acceptors (Lipinski definition) is 8. The molecule has 1 N–H and O–H groups in total. The number of methoxy groups -OCH3 is 1. The molecule has 4 aliphatic heterocycles. The van der Waals surface area contributed by atoms with Gasteiger partial charge in [0, 0.05) is 40.8 Å². The van der Waals surface area contributed by atoms with Crippen LogP contribution in [0.2, 0.25) is 0 Å². The fraction of sp³-hybridized carbons (Fsp3) is 0.415. The third-order valence-corrected chi connectivity index (χ3v) is 11.0. The van der Waals surface area contributed by atoms with E-state index in [0.29, 0.717) is 68.0 Å². The van der Waals surface area contributed by atoms with Crippen molar-refractivity contribution in [3.8, 4) is 23.0 Å². The van der Waals surface area contributed by atoms with Gasteiger partial charge in [0.25, 0.3) is 0 Å². The highest BCUT2D eigenvalue weighted by Gasteiger charge is 2.24. The van der Waals surface area contributed by atoms with Crippen LogP contribution in [0.25, 0.3) is 16.9 Å². The number of H-pyrrole nitrogens is 1. The summed E-state index contributed by atoms with van der Waals surface area (Å²) in [5.41, 5.74) is 8.52. The van der Waals surface area contributed by atoms with E-state index in [9.17, 15) is 0 Å². The van der Waals surface area contributed by atoms with E-state index in [0.717, 1.165) is 110 Å². The molecule has 2 aromatic carbocycles. The van der Waals surface area contributed by atoms with Gasteiger partial charge in [-0.3, -0.25) is 4.99 Å². The van der Waals surface area contributed by atoms with Gasteiger partial charge in [-0.05, 0) is 127 Å². The second-order valence-corrected chi connectivity index (χ2v) is 18.1. The highest BCUT2D eigenvalue weighted by molar-refractivity contribution is 6.30. The van der Waals surface area contributed by atoms with Gasteiger partial charge in [-0.2, -0.15) is 0 Å². The number of aliphatic imine (C=N–C) groups is 3. The molecule has 4 aliphatic rings. The maximum absolute atomic E-state index is 6.37. The Kier molecular flexibility index (Phi) is 14.5. The van der Waals surface area contributed by atoms with Crippen molar-refractivity contribution in [2.75, 3.05) is 33.5 Å². The van der Waals surface area contributed by atoms with Crippen LogP contribution in [0.1, 0.15) is 98.6 Å². The third-order valence-electron chi connectivity index (χ3n) is 11.0. The van der Waals surface area contributed by atoms with E-state index in [2.05, 4.69) is 115 Å². The van der Waals surface area contributed by atoms with E-state index in [1.54, 1.807) is 7.11 Å². The number of hydrogen-bond donors (Lipinski definition) is 1. The molecular formula is C53H64N4O5. The van der Waals surface area contributed by atoms with Crippen LogP contribution in [0.5, 0.6) is 23.0 Å². The molecule has 0 saturated heterocycles. The van der Waals surface area contributed by atoms with Crippen LogP contribution >= 0.6 is 0 Å². The van der Waals surface area contributed by atoms with Crippen molar-refractivity contribution in [1.29, 1.82) is 0 Å². The molecule has 5 heterocycles. The summed E-state index contributed by atoms with van der Waals surface area (Å²) in [7, 11) is 1.69. The zero-order chi connectivity index (χ0) is 43.8. The predicted molar refractivity (Wildman–Crippen MR) is 254 cm³/mol. The fourth-order valence-electron chi connectivity index (χ4n) is 7.40. The average Bonchev–Trinajstić information content (AvgIpc) is 4.05. The summed E-state index contributed by atoms with van der Waals surface area (Å²) in [6.07, 6.45) is 16.9. The van der Waals surface area contributed by atoms with Gasteiger partial charge in [0.1, 0.15) is 28.7 Å². The van der Waals surface area contributed by atoms with Crippen LogP contribution in [0.4, 0.5) is 0 Å². The summed E-state index contributed by atoms with van der Waals surface area (Å²) in [4.78, 5) is 19.4. The zero-order valence-corrected chi connectivity index (χ0v) is 38.1. The van der Waals surface area contributed by atoms with Crippen molar-refractivity contribution in [3.63, 3.8) is 0 Å². The van der Waals surface area contributed by atoms with Crippen LogP contribution in [-0.4, -0.2) is 55.7 Å². The Morgan fingerprint density at radius 2 is 1.05 bits per heavy atom. The van der Waals surface area contributed by atoms with Crippen molar-refractivity contribution in [2.45, 2.75) is 87.5 Å². The first-order valence-corrected chi connectivity index (χ1v) is 22.5. The summed E-state index contributed by atoms with van der Waals surface area (Å²) < 4.78 is 31.6. The maximum Gasteiger partial charge on any atom is 0.167 e. The van der Waals surface area contributed by atoms with Crippen molar-refractivity contribution in [3.05, 3.63) is 124 Å². The Hall–Kier alpha value is -5.83. The van der Waals surface area contributed by atoms with E-state index in [-0.39, 0.29) is 0 Å². The molecule has 0 amide bonds. The molecule has 0 atom stereocenters. The predicted octanol–water partition coefficient (Wildman–Crippen LogP) is 10.7. The molecule has 8 bridgehead atoms. The van der Waals surface area contributed by atoms with Gasteiger partial charge in [0.15, 0.2) is 5.76 Å². The van der Waals surface area contributed by atoms with Crippen LogP contribution in [-0.2, 0) is 4.74 Å². The molecular weight excluding hydrogens is 773 g/mol. The molecule has 1 aromatic heterocycles. The van der Waals surface area contributed by atoms with E-state index >= 15 is 0 Å². The first-order chi connectivity index (χ1) is 29.9. The molecule has 0 fully saturated rings. The lowest BCUT2D eigenvalue weighted by Gasteiger charge is -2.16. The Morgan fingerprint density at radius 3 is 1.56 bits per heavy atom. The second kappa shape index (κ2) is 20.4. The number of ether oxygens (including phenoxy) is 5. The number of aromatic amines is 1. The fourth-order valence-corrected chi connectivity index (χ4v) is 7.40. The van der Waals surface area contributed by atoms with Crippen molar-refractivity contribution in [1.82, 2.24) is 4.98 Å². The Labute approximate surface area is 368 Å². The van der Waals surface area contributed by atoms with Crippen molar-refractivity contribution < 1.29 is 23.7 Å². The van der Waals surface area contributed by atoms with E-state index < -0.39 is 0 Å². The highest BCUT2D eigenvalue weighted by Crippen LogP contribution is 2.38. The minimum atomic E-state index is 0.526. The number of nitrogens with zero attached hydrogens (tertiary/aromatic N) is 3. The lowest BCUT2D eigenvalue weighted by atomic mass is 9.99. The topological polar surface area (TPSA) is 99.0 Å². The van der Waals surface area contributed by atoms with Gasteiger partial charge in [-0.1, -0.05) is 61.5 Å². The summed E-state index contributed by atoms with van der Waals surface area (Å²) >= 11 is 0. The lowest BCUT2D eigenvalue weighted by Crippen LogP contribution is -2.21. The monoisotopic (exact) mass is 836 g/mol. The molecule has 0 spiro atoms. The smallest absolute Gasteiger partial charge is 0.167 e. The average molecular weight is 837 g/mol. The van der Waals surface area contributed by atoms with Gasteiger partial charge < -0.3 is 28.7 Å². The first-order valence-electron chi connectivity index (χ1n) is 22.5. The Balaban J connectivity index is 1.38. The number of nitrogens with one attached hydrogen (secondary N) is 1. The Bertz CT molecular complexity index is 2440. The minimum absolute atomic E-state index is 0.526. The third kappa shape index (κ3) is 11.3. The quantitative estimate of drug-likeness (QED) is 0.130. The van der Waals surface area contributed by atoms with E-state index in [4.69, 9.17) is 38.7 Å². The minimum Gasteiger partial charge on any atom is -0.493 e. The van der Waals surface area contributed by atoms with Crippen molar-refractivity contribution >= 4 is 34.0 Å². The molecule has 9 nitrogen and oxygen atoms in total. The van der Waals surface area contributed by atoms with Crippen molar-refractivity contribution in [2.24, 2.45) is 38.6 Å². The second-order valence-electron chi connectivity index (χ2n) is 18.1. The van der Waals surface area contributed by atoms with Gasteiger partial charge in [0.05, 0.1) is 61.7 Å². The molecule has 0 saturated carbocycles. The molecule has 7 rings (SSSR count). The van der Waals surface area contributed by atoms with E-state index in [1.165, 1.54) is 0 Å². The van der Waals surface area contributed by atoms with Crippen LogP contribution < -0.4 is 29.6 Å². The molecule has 3 aromatic rings. The number of aromatic nitrogens is 1. The molecule has 0 unspecified atom stereocenters. The maximum atomic E-state index is 6.37. The number of allylic oxidation sites excluding steroid dienone is 6. The standard InChI is InChI=1S/C53H64N4O5/c1-33(2)18-22-59-41-26-37(27-42(31-41)60-23-19-34(3)4)51-45-12-10-39(54-45)30-40-11-13-46(55-40)52(48-15-17-50(57-48)53(58-9)49-16-14-47(51)56-49)38-28-43(61-24-20-35(5)6)32-44(29-38)62-25-21-36(7)8/h10,12-17,26-36,56H,11,18-25H2,1-9H3. The van der Waals surface area contributed by atoms with Gasteiger partial charge in [-0.15, -0.1) is 0 Å². The summed E-state index contributed by atoms with van der Waals surface area (Å²) in [5, 5.41) is 1.66. The number of rotatable bonds is 19. The largest absolute Gasteiger partial charge is 0.493 e.